The average Bonchev–Trinajstić information content (AvgIpc) is 2.29. The summed E-state index contributed by atoms with van der Waals surface area (Å²) in [6.07, 6.45) is 3.72. The Hall–Kier alpha value is -1.90. The maximum atomic E-state index is 10.3. The summed E-state index contributed by atoms with van der Waals surface area (Å²) in [4.78, 5) is 14.4. The second kappa shape index (κ2) is 4.09. The van der Waals surface area contributed by atoms with Gasteiger partial charge in [-0.25, -0.2) is 0 Å². The third kappa shape index (κ3) is 1.81. The van der Waals surface area contributed by atoms with Crippen molar-refractivity contribution in [1.82, 2.24) is 4.98 Å². The first kappa shape index (κ1) is 9.65. The van der Waals surface area contributed by atoms with Gasteiger partial charge in [-0.3, -0.25) is 4.98 Å². The van der Waals surface area contributed by atoms with E-state index in [1.54, 1.807) is 12.3 Å². The number of aromatic hydroxyl groups is 1. The molecule has 0 saturated carbocycles. The Labute approximate surface area is 87.4 Å². The van der Waals surface area contributed by atoms with Crippen molar-refractivity contribution in [3.63, 3.8) is 0 Å². The minimum Gasteiger partial charge on any atom is -0.506 e. The van der Waals surface area contributed by atoms with Crippen molar-refractivity contribution in [2.45, 2.75) is 12.8 Å². The Morgan fingerprint density at radius 3 is 3.00 bits per heavy atom. The van der Waals surface area contributed by atoms with Gasteiger partial charge in [-0.15, -0.1) is 0 Å². The molecule has 2 aromatic rings. The Bertz CT molecular complexity index is 494. The Balaban J connectivity index is 2.56. The van der Waals surface area contributed by atoms with Crippen LogP contribution < -0.4 is 0 Å². The van der Waals surface area contributed by atoms with E-state index in [1.807, 2.05) is 18.2 Å². The van der Waals surface area contributed by atoms with Crippen molar-refractivity contribution in [3.05, 3.63) is 36.0 Å². The number of aldehydes is 1. The number of pyridine rings is 1. The molecule has 0 aliphatic rings. The first-order chi connectivity index (χ1) is 7.33. The van der Waals surface area contributed by atoms with Gasteiger partial charge in [-0.2, -0.15) is 0 Å². The number of aryl methyl sites for hydroxylation is 1. The lowest BCUT2D eigenvalue weighted by molar-refractivity contribution is -0.107. The molecule has 0 aliphatic carbocycles. The number of phenols is 1. The number of carbonyl (C=O) groups is 1. The van der Waals surface area contributed by atoms with E-state index < -0.39 is 0 Å². The third-order valence-corrected chi connectivity index (χ3v) is 2.37. The van der Waals surface area contributed by atoms with E-state index in [0.717, 1.165) is 17.2 Å². The summed E-state index contributed by atoms with van der Waals surface area (Å²) < 4.78 is 0. The van der Waals surface area contributed by atoms with Gasteiger partial charge >= 0.3 is 0 Å². The van der Waals surface area contributed by atoms with Crippen LogP contribution in [0.3, 0.4) is 0 Å². The van der Waals surface area contributed by atoms with E-state index in [-0.39, 0.29) is 5.75 Å². The summed E-state index contributed by atoms with van der Waals surface area (Å²) >= 11 is 0. The molecule has 3 heteroatoms. The van der Waals surface area contributed by atoms with Crippen LogP contribution in [0, 0.1) is 0 Å². The van der Waals surface area contributed by atoms with E-state index >= 15 is 0 Å². The molecule has 1 aromatic carbocycles. The number of hydrogen-bond acceptors (Lipinski definition) is 3. The lowest BCUT2D eigenvalue weighted by Gasteiger charge is -2.05. The number of benzene rings is 1. The van der Waals surface area contributed by atoms with Gasteiger partial charge in [0.05, 0.1) is 0 Å². The molecule has 1 N–H and O–H groups in total. The maximum absolute atomic E-state index is 10.3. The van der Waals surface area contributed by atoms with E-state index in [1.165, 1.54) is 0 Å². The highest BCUT2D eigenvalue weighted by Gasteiger charge is 2.04. The predicted molar refractivity (Wildman–Crippen MR) is 57.8 cm³/mol. The Kier molecular flexibility index (Phi) is 2.63. The lowest BCUT2D eigenvalue weighted by Crippen LogP contribution is -1.89. The molecule has 76 valence electrons. The summed E-state index contributed by atoms with van der Waals surface area (Å²) in [5, 5.41) is 10.5. The van der Waals surface area contributed by atoms with Crippen LogP contribution in [0.15, 0.2) is 30.5 Å². The molecule has 0 unspecified atom stereocenters. The summed E-state index contributed by atoms with van der Waals surface area (Å²) in [6.45, 7) is 0. The second-order valence-electron chi connectivity index (χ2n) is 3.35. The van der Waals surface area contributed by atoms with Crippen LogP contribution in [0.2, 0.25) is 0 Å². The largest absolute Gasteiger partial charge is 0.506 e. The van der Waals surface area contributed by atoms with Crippen molar-refractivity contribution in [2.75, 3.05) is 0 Å². The minimum atomic E-state index is 0.181. The van der Waals surface area contributed by atoms with Crippen molar-refractivity contribution >= 4 is 17.2 Å². The standard InChI is InChI=1S/C12H11NO2/c14-8-2-3-9-5-6-11(15)12-10(9)4-1-7-13-12/h1,4-8,15H,2-3H2. The first-order valence-electron chi connectivity index (χ1n) is 4.82. The van der Waals surface area contributed by atoms with Crippen LogP contribution in [0.5, 0.6) is 5.75 Å². The van der Waals surface area contributed by atoms with Crippen LogP contribution in [0.25, 0.3) is 10.9 Å². The van der Waals surface area contributed by atoms with Gasteiger partial charge in [-0.1, -0.05) is 12.1 Å². The molecule has 0 radical (unpaired) electrons. The van der Waals surface area contributed by atoms with Crippen molar-refractivity contribution < 1.29 is 9.90 Å². The third-order valence-electron chi connectivity index (χ3n) is 2.37. The number of nitrogens with zero attached hydrogens (tertiary/aromatic N) is 1. The molecule has 1 aromatic heterocycles. The van der Waals surface area contributed by atoms with E-state index in [9.17, 15) is 9.90 Å². The fourth-order valence-electron chi connectivity index (χ4n) is 1.65. The quantitative estimate of drug-likeness (QED) is 0.773. The highest BCUT2D eigenvalue weighted by Crippen LogP contribution is 2.25. The molecule has 0 aliphatic heterocycles. The van der Waals surface area contributed by atoms with Crippen molar-refractivity contribution in [2.24, 2.45) is 0 Å². The lowest BCUT2D eigenvalue weighted by atomic mass is 10.0. The van der Waals surface area contributed by atoms with E-state index in [2.05, 4.69) is 4.98 Å². The molecular weight excluding hydrogens is 190 g/mol. The van der Waals surface area contributed by atoms with Crippen LogP contribution in [-0.2, 0) is 11.2 Å². The van der Waals surface area contributed by atoms with Crippen LogP contribution >= 0.6 is 0 Å². The molecule has 3 nitrogen and oxygen atoms in total. The zero-order valence-electron chi connectivity index (χ0n) is 8.18. The first-order valence-corrected chi connectivity index (χ1v) is 4.82. The van der Waals surface area contributed by atoms with Gasteiger partial charge in [0.15, 0.2) is 0 Å². The molecule has 2 rings (SSSR count). The normalized spacial score (nSPS) is 10.4. The van der Waals surface area contributed by atoms with Gasteiger partial charge in [0, 0.05) is 18.0 Å². The second-order valence-corrected chi connectivity index (χ2v) is 3.35. The Morgan fingerprint density at radius 1 is 1.33 bits per heavy atom. The smallest absolute Gasteiger partial charge is 0.141 e. The molecule has 0 fully saturated rings. The number of hydrogen-bond donors (Lipinski definition) is 1. The highest BCUT2D eigenvalue weighted by atomic mass is 16.3. The number of aromatic nitrogens is 1. The van der Waals surface area contributed by atoms with Crippen LogP contribution in [0.4, 0.5) is 0 Å². The van der Waals surface area contributed by atoms with Crippen LogP contribution in [0.1, 0.15) is 12.0 Å². The summed E-state index contributed by atoms with van der Waals surface area (Å²) in [6, 6.07) is 7.19. The minimum absolute atomic E-state index is 0.181. The van der Waals surface area contributed by atoms with Gasteiger partial charge in [0.2, 0.25) is 0 Å². The van der Waals surface area contributed by atoms with Gasteiger partial charge < -0.3 is 9.90 Å². The fourth-order valence-corrected chi connectivity index (χ4v) is 1.65. The molecule has 1 heterocycles. The number of rotatable bonds is 3. The molecule has 0 bridgehead atoms. The van der Waals surface area contributed by atoms with E-state index in [0.29, 0.717) is 18.4 Å². The summed E-state index contributed by atoms with van der Waals surface area (Å²) in [5.74, 6) is 0.181. The van der Waals surface area contributed by atoms with Gasteiger partial charge in [0.25, 0.3) is 0 Å². The maximum Gasteiger partial charge on any atom is 0.141 e. The van der Waals surface area contributed by atoms with Gasteiger partial charge in [0.1, 0.15) is 17.6 Å². The molecule has 15 heavy (non-hydrogen) atoms. The fraction of sp³-hybridized carbons (Fsp3) is 0.167. The molecular formula is C12H11NO2. The zero-order valence-corrected chi connectivity index (χ0v) is 8.18. The zero-order chi connectivity index (χ0) is 10.7. The van der Waals surface area contributed by atoms with E-state index in [4.69, 9.17) is 0 Å². The van der Waals surface area contributed by atoms with Crippen molar-refractivity contribution in [3.8, 4) is 5.75 Å². The topological polar surface area (TPSA) is 50.2 Å². The number of fused-ring (bicyclic) bond motifs is 1. The summed E-state index contributed by atoms with van der Waals surface area (Å²) in [5.41, 5.74) is 1.64. The van der Waals surface area contributed by atoms with Gasteiger partial charge in [-0.05, 0) is 24.1 Å². The number of phenolic OH excluding ortho intramolecular Hbond substituents is 1. The number of carbonyl (C=O) groups excluding carboxylic acids is 1. The summed E-state index contributed by atoms with van der Waals surface area (Å²) in [7, 11) is 0. The molecule has 0 amide bonds. The molecule has 0 atom stereocenters. The monoisotopic (exact) mass is 201 g/mol. The Morgan fingerprint density at radius 2 is 2.20 bits per heavy atom. The van der Waals surface area contributed by atoms with Crippen molar-refractivity contribution in [1.29, 1.82) is 0 Å². The predicted octanol–water partition coefficient (Wildman–Crippen LogP) is 2.07. The molecule has 0 saturated heterocycles. The molecule has 0 spiro atoms. The SMILES string of the molecule is O=CCCc1ccc(O)c2ncccc12. The highest BCUT2D eigenvalue weighted by molar-refractivity contribution is 5.87. The average molecular weight is 201 g/mol. The van der Waals surface area contributed by atoms with Crippen LogP contribution in [-0.4, -0.2) is 16.4 Å².